The number of ether oxygens (including phenoxy) is 1. The van der Waals surface area contributed by atoms with Crippen molar-refractivity contribution >= 4 is 16.9 Å². The molecule has 3 rings (SSSR count). The topological polar surface area (TPSA) is 72.3 Å². The van der Waals surface area contributed by atoms with Gasteiger partial charge in [-0.05, 0) is 37.5 Å². The maximum absolute atomic E-state index is 11.7. The molecule has 5 heteroatoms. The second-order valence-corrected chi connectivity index (χ2v) is 5.79. The summed E-state index contributed by atoms with van der Waals surface area (Å²) in [7, 11) is 1.25. The molecule has 5 nitrogen and oxygen atoms in total. The number of nitrogens with zero attached hydrogens (tertiary/aromatic N) is 2. The third-order valence-electron chi connectivity index (χ3n) is 3.97. The molecule has 0 bridgehead atoms. The Labute approximate surface area is 140 Å². The van der Waals surface area contributed by atoms with Crippen LogP contribution in [0, 0.1) is 13.8 Å². The quantitative estimate of drug-likeness (QED) is 0.749. The minimum atomic E-state index is -0.678. The highest BCUT2D eigenvalue weighted by Gasteiger charge is 2.19. The number of benzene rings is 1. The van der Waals surface area contributed by atoms with Crippen LogP contribution >= 0.6 is 0 Å². The lowest BCUT2D eigenvalue weighted by atomic mass is 10.0. The van der Waals surface area contributed by atoms with Crippen LogP contribution in [0.25, 0.3) is 10.9 Å². The van der Waals surface area contributed by atoms with Crippen molar-refractivity contribution in [2.45, 2.75) is 20.3 Å². The van der Waals surface area contributed by atoms with Gasteiger partial charge in [-0.3, -0.25) is 4.98 Å². The molecule has 24 heavy (non-hydrogen) atoms. The Kier molecular flexibility index (Phi) is 4.16. The molecule has 0 saturated heterocycles. The van der Waals surface area contributed by atoms with Gasteiger partial charge in [-0.1, -0.05) is 29.8 Å². The van der Waals surface area contributed by atoms with Gasteiger partial charge < -0.3 is 9.84 Å². The van der Waals surface area contributed by atoms with Crippen molar-refractivity contribution in [1.29, 1.82) is 0 Å². The molecule has 0 atom stereocenters. The van der Waals surface area contributed by atoms with Crippen LogP contribution in [0.4, 0.5) is 0 Å². The van der Waals surface area contributed by atoms with Crippen molar-refractivity contribution in [3.63, 3.8) is 0 Å². The summed E-state index contributed by atoms with van der Waals surface area (Å²) >= 11 is 0. The van der Waals surface area contributed by atoms with E-state index in [4.69, 9.17) is 0 Å². The van der Waals surface area contributed by atoms with Crippen molar-refractivity contribution in [3.05, 3.63) is 64.6 Å². The fraction of sp³-hybridized carbons (Fsp3) is 0.211. The molecule has 3 aromatic rings. The maximum Gasteiger partial charge on any atom is 0.360 e. The molecule has 1 aromatic carbocycles. The minimum Gasteiger partial charge on any atom is -0.504 e. The van der Waals surface area contributed by atoms with Crippen LogP contribution in [0.1, 0.15) is 32.9 Å². The third kappa shape index (κ3) is 2.93. The Morgan fingerprint density at radius 1 is 1.17 bits per heavy atom. The van der Waals surface area contributed by atoms with E-state index in [1.807, 2.05) is 6.07 Å². The number of fused-ring (bicyclic) bond motifs is 1. The molecule has 0 radical (unpaired) electrons. The molecule has 0 aliphatic rings. The number of hydrogen-bond donors (Lipinski definition) is 1. The number of carbonyl (C=O) groups excluding carboxylic acids is 1. The lowest BCUT2D eigenvalue weighted by Gasteiger charge is -2.10. The lowest BCUT2D eigenvalue weighted by Crippen LogP contribution is -2.07. The Bertz CT molecular complexity index is 918. The fourth-order valence-electron chi connectivity index (χ4n) is 2.64. The van der Waals surface area contributed by atoms with Gasteiger partial charge in [0, 0.05) is 17.3 Å². The van der Waals surface area contributed by atoms with Crippen LogP contribution in [-0.4, -0.2) is 28.2 Å². The van der Waals surface area contributed by atoms with E-state index in [1.54, 1.807) is 13.1 Å². The number of methoxy groups -OCH3 is 1. The van der Waals surface area contributed by atoms with Gasteiger partial charge in [0.15, 0.2) is 11.4 Å². The molecule has 122 valence electrons. The number of esters is 1. The van der Waals surface area contributed by atoms with Crippen LogP contribution in [0.5, 0.6) is 5.75 Å². The number of carbonyl (C=O) groups is 1. The van der Waals surface area contributed by atoms with Crippen molar-refractivity contribution in [1.82, 2.24) is 9.97 Å². The van der Waals surface area contributed by atoms with E-state index in [0.717, 1.165) is 17.4 Å². The summed E-state index contributed by atoms with van der Waals surface area (Å²) in [6.07, 6.45) is 2.45. The second-order valence-electron chi connectivity index (χ2n) is 5.79. The van der Waals surface area contributed by atoms with E-state index in [0.29, 0.717) is 11.2 Å². The molecule has 2 heterocycles. The van der Waals surface area contributed by atoms with Crippen molar-refractivity contribution < 1.29 is 14.6 Å². The molecular weight excluding hydrogens is 304 g/mol. The standard InChI is InChI=1S/C19H18N2O3/c1-11-4-6-13(7-5-11)8-14-9-15-12(2)21-17(19(23)24-3)18(22)16(15)20-10-14/h4-7,9-10,22H,8H2,1-3H3. The first-order valence-electron chi connectivity index (χ1n) is 7.61. The number of hydrogen-bond acceptors (Lipinski definition) is 5. The molecule has 0 amide bonds. The summed E-state index contributed by atoms with van der Waals surface area (Å²) < 4.78 is 4.64. The predicted octanol–water partition coefficient (Wildman–Crippen LogP) is 3.33. The van der Waals surface area contributed by atoms with E-state index in [1.165, 1.54) is 18.2 Å². The minimum absolute atomic E-state index is 0.110. The van der Waals surface area contributed by atoms with Crippen LogP contribution in [0.2, 0.25) is 0 Å². The van der Waals surface area contributed by atoms with Crippen LogP contribution < -0.4 is 0 Å². The number of pyridine rings is 2. The third-order valence-corrected chi connectivity index (χ3v) is 3.97. The highest BCUT2D eigenvalue weighted by Crippen LogP contribution is 2.29. The molecule has 0 spiro atoms. The van der Waals surface area contributed by atoms with Gasteiger partial charge in [0.25, 0.3) is 0 Å². The summed E-state index contributed by atoms with van der Waals surface area (Å²) in [5.41, 5.74) is 4.29. The average Bonchev–Trinajstić information content (AvgIpc) is 2.59. The van der Waals surface area contributed by atoms with Gasteiger partial charge in [-0.25, -0.2) is 9.78 Å². The van der Waals surface area contributed by atoms with Gasteiger partial charge in [-0.2, -0.15) is 0 Å². The zero-order chi connectivity index (χ0) is 17.3. The monoisotopic (exact) mass is 322 g/mol. The van der Waals surface area contributed by atoms with E-state index < -0.39 is 5.97 Å². The van der Waals surface area contributed by atoms with Gasteiger partial charge in [0.2, 0.25) is 0 Å². The van der Waals surface area contributed by atoms with E-state index in [-0.39, 0.29) is 11.4 Å². The Balaban J connectivity index is 2.04. The molecule has 0 aliphatic heterocycles. The first-order valence-corrected chi connectivity index (χ1v) is 7.61. The van der Waals surface area contributed by atoms with Gasteiger partial charge >= 0.3 is 5.97 Å². The van der Waals surface area contributed by atoms with Crippen LogP contribution in [0.3, 0.4) is 0 Å². The molecule has 0 aliphatic carbocycles. The molecule has 2 aromatic heterocycles. The van der Waals surface area contributed by atoms with Gasteiger partial charge in [0.05, 0.1) is 7.11 Å². The van der Waals surface area contributed by atoms with Gasteiger partial charge in [-0.15, -0.1) is 0 Å². The first kappa shape index (κ1) is 15.9. The summed E-state index contributed by atoms with van der Waals surface area (Å²) in [6.45, 7) is 3.84. The van der Waals surface area contributed by atoms with Crippen molar-refractivity contribution in [3.8, 4) is 5.75 Å². The van der Waals surface area contributed by atoms with E-state index in [2.05, 4.69) is 45.9 Å². The highest BCUT2D eigenvalue weighted by molar-refractivity contribution is 5.98. The summed E-state index contributed by atoms with van der Waals surface area (Å²) in [5.74, 6) is -0.924. The lowest BCUT2D eigenvalue weighted by molar-refractivity contribution is 0.0590. The van der Waals surface area contributed by atoms with Crippen molar-refractivity contribution in [2.75, 3.05) is 7.11 Å². The predicted molar refractivity (Wildman–Crippen MR) is 91.3 cm³/mol. The Hall–Kier alpha value is -2.95. The maximum atomic E-state index is 11.7. The van der Waals surface area contributed by atoms with Crippen LogP contribution in [0.15, 0.2) is 36.5 Å². The smallest absolute Gasteiger partial charge is 0.360 e. The zero-order valence-electron chi connectivity index (χ0n) is 13.8. The summed E-state index contributed by atoms with van der Waals surface area (Å²) in [4.78, 5) is 20.2. The Morgan fingerprint density at radius 2 is 1.88 bits per heavy atom. The van der Waals surface area contributed by atoms with E-state index >= 15 is 0 Å². The SMILES string of the molecule is COC(=O)c1nc(C)c2cc(Cc3ccc(C)cc3)cnc2c1O. The second kappa shape index (κ2) is 6.28. The molecule has 0 unspecified atom stereocenters. The summed E-state index contributed by atoms with van der Waals surface area (Å²) in [6, 6.07) is 10.3. The molecular formula is C19H18N2O3. The largest absolute Gasteiger partial charge is 0.504 e. The fourth-order valence-corrected chi connectivity index (χ4v) is 2.64. The van der Waals surface area contributed by atoms with E-state index in [9.17, 15) is 9.90 Å². The number of aromatic hydroxyl groups is 1. The summed E-state index contributed by atoms with van der Waals surface area (Å²) in [5, 5.41) is 11.0. The Morgan fingerprint density at radius 3 is 2.54 bits per heavy atom. The van der Waals surface area contributed by atoms with Gasteiger partial charge in [0.1, 0.15) is 5.52 Å². The normalized spacial score (nSPS) is 10.8. The highest BCUT2D eigenvalue weighted by atomic mass is 16.5. The average molecular weight is 322 g/mol. The number of rotatable bonds is 3. The zero-order valence-corrected chi connectivity index (χ0v) is 13.8. The van der Waals surface area contributed by atoms with Crippen molar-refractivity contribution in [2.24, 2.45) is 0 Å². The molecule has 0 saturated carbocycles. The first-order chi connectivity index (χ1) is 11.5. The molecule has 0 fully saturated rings. The number of aryl methyl sites for hydroxylation is 2. The molecule has 1 N–H and O–H groups in total. The number of aromatic nitrogens is 2. The van der Waals surface area contributed by atoms with Crippen LogP contribution in [-0.2, 0) is 11.2 Å².